The highest BCUT2D eigenvalue weighted by Gasteiger charge is 2.11. The zero-order chi connectivity index (χ0) is 10.0. The van der Waals surface area contributed by atoms with E-state index in [9.17, 15) is 0 Å². The van der Waals surface area contributed by atoms with Gasteiger partial charge in [-0.1, -0.05) is 23.2 Å². The Hall–Kier alpha value is -0.215. The molecule has 0 saturated heterocycles. The highest BCUT2D eigenvalue weighted by Crippen LogP contribution is 2.23. The Morgan fingerprint density at radius 3 is 2.62 bits per heavy atom. The van der Waals surface area contributed by atoms with E-state index < -0.39 is 0 Å². The van der Waals surface area contributed by atoms with E-state index in [0.29, 0.717) is 22.1 Å². The van der Waals surface area contributed by atoms with Crippen molar-refractivity contribution >= 4 is 42.2 Å². The van der Waals surface area contributed by atoms with Crippen LogP contribution in [-0.2, 0) is 6.54 Å². The SMILES string of the molecule is [B]c1c(Cl)c(Cl)cc(CN)c1[NH2+][CH2-]. The molecule has 0 saturated carbocycles. The fraction of sp³-hybridized carbons (Fsp3) is 0.125. The first-order valence-electron chi connectivity index (χ1n) is 3.70. The lowest BCUT2D eigenvalue weighted by molar-refractivity contribution is -0.504. The van der Waals surface area contributed by atoms with Crippen molar-refractivity contribution in [3.63, 3.8) is 0 Å². The molecule has 1 rings (SSSR count). The Kier molecular flexibility index (Phi) is 3.62. The first-order valence-corrected chi connectivity index (χ1v) is 4.46. The van der Waals surface area contributed by atoms with Gasteiger partial charge in [-0.2, -0.15) is 0 Å². The summed E-state index contributed by atoms with van der Waals surface area (Å²) in [5.41, 5.74) is 7.55. The van der Waals surface area contributed by atoms with Crippen LogP contribution in [0.1, 0.15) is 5.56 Å². The van der Waals surface area contributed by atoms with Crippen LogP contribution in [-0.4, -0.2) is 7.85 Å². The molecule has 5 heteroatoms. The average Bonchev–Trinajstić information content (AvgIpc) is 2.13. The molecule has 0 aliphatic carbocycles. The number of hydrogen-bond acceptors (Lipinski definition) is 1. The van der Waals surface area contributed by atoms with E-state index in [0.717, 1.165) is 11.3 Å². The molecule has 68 valence electrons. The fourth-order valence-electron chi connectivity index (χ4n) is 1.12. The molecule has 1 aromatic rings. The second kappa shape index (κ2) is 4.33. The Balaban J connectivity index is 3.39. The van der Waals surface area contributed by atoms with Crippen LogP contribution in [0.4, 0.5) is 5.69 Å². The summed E-state index contributed by atoms with van der Waals surface area (Å²) in [6.07, 6.45) is 0. The van der Waals surface area contributed by atoms with E-state index in [2.05, 4.69) is 7.05 Å². The first kappa shape index (κ1) is 10.9. The quantitative estimate of drug-likeness (QED) is 0.414. The van der Waals surface area contributed by atoms with Crippen LogP contribution in [0.3, 0.4) is 0 Å². The number of benzene rings is 1. The number of halogens is 2. The summed E-state index contributed by atoms with van der Waals surface area (Å²) in [7, 11) is 9.36. The standard InChI is InChI=1S/C8H9BCl2N2/c1-13-8-4(3-12)2-5(10)7(11)6(8)9/h2H,1,3,12-13H2. The maximum Gasteiger partial charge on any atom is 0.124 e. The summed E-state index contributed by atoms with van der Waals surface area (Å²) in [5.74, 6) is 0. The summed E-state index contributed by atoms with van der Waals surface area (Å²) in [6, 6.07) is 1.71. The number of quaternary nitrogens is 1. The third-order valence-electron chi connectivity index (χ3n) is 1.81. The van der Waals surface area contributed by atoms with Crippen LogP contribution < -0.4 is 16.5 Å². The lowest BCUT2D eigenvalue weighted by Crippen LogP contribution is -2.72. The second-order valence-corrected chi connectivity index (χ2v) is 3.35. The van der Waals surface area contributed by atoms with Crippen molar-refractivity contribution in [2.45, 2.75) is 6.54 Å². The lowest BCUT2D eigenvalue weighted by atomic mass is 9.91. The van der Waals surface area contributed by atoms with Crippen molar-refractivity contribution in [1.82, 2.24) is 0 Å². The van der Waals surface area contributed by atoms with Crippen LogP contribution in [0.2, 0.25) is 10.0 Å². The van der Waals surface area contributed by atoms with Crippen LogP contribution in [0, 0.1) is 7.05 Å². The van der Waals surface area contributed by atoms with Crippen molar-refractivity contribution in [2.75, 3.05) is 0 Å². The summed E-state index contributed by atoms with van der Waals surface area (Å²) >= 11 is 11.7. The van der Waals surface area contributed by atoms with Crippen molar-refractivity contribution in [1.29, 1.82) is 0 Å². The predicted octanol–water partition coefficient (Wildman–Crippen LogP) is 0.232. The minimum absolute atomic E-state index is 0.355. The monoisotopic (exact) mass is 214 g/mol. The van der Waals surface area contributed by atoms with Crippen LogP contribution in [0.15, 0.2) is 6.07 Å². The topological polar surface area (TPSA) is 42.6 Å². The summed E-state index contributed by atoms with van der Waals surface area (Å²) in [6.45, 7) is 0.364. The molecular formula is C8H9BCl2N2. The number of hydrogen-bond donors (Lipinski definition) is 2. The summed E-state index contributed by atoms with van der Waals surface area (Å²) in [4.78, 5) is 0. The number of rotatable bonds is 2. The van der Waals surface area contributed by atoms with Crippen molar-refractivity contribution < 1.29 is 5.32 Å². The molecule has 4 N–H and O–H groups in total. The average molecular weight is 215 g/mol. The largest absolute Gasteiger partial charge is 0.446 e. The Labute approximate surface area is 88.8 Å². The van der Waals surface area contributed by atoms with Gasteiger partial charge in [-0.05, 0) is 11.5 Å². The minimum atomic E-state index is 0.355. The molecule has 0 fully saturated rings. The Bertz CT molecular complexity index is 328. The van der Waals surface area contributed by atoms with E-state index in [4.69, 9.17) is 36.8 Å². The van der Waals surface area contributed by atoms with Crippen LogP contribution in [0.5, 0.6) is 0 Å². The van der Waals surface area contributed by atoms with Crippen LogP contribution >= 0.6 is 23.2 Å². The molecule has 0 bridgehead atoms. The van der Waals surface area contributed by atoms with Crippen LogP contribution in [0.25, 0.3) is 0 Å². The smallest absolute Gasteiger partial charge is 0.124 e. The maximum absolute atomic E-state index is 5.84. The lowest BCUT2D eigenvalue weighted by Gasteiger charge is -2.12. The first-order chi connectivity index (χ1) is 6.11. The van der Waals surface area contributed by atoms with E-state index in [1.54, 1.807) is 11.4 Å². The van der Waals surface area contributed by atoms with Gasteiger partial charge in [-0.3, -0.25) is 0 Å². The maximum atomic E-state index is 5.84. The minimum Gasteiger partial charge on any atom is -0.446 e. The molecule has 1 aromatic carbocycles. The second-order valence-electron chi connectivity index (χ2n) is 2.57. The van der Waals surface area contributed by atoms with Crippen molar-refractivity contribution in [2.24, 2.45) is 5.73 Å². The molecule has 2 nitrogen and oxygen atoms in total. The molecule has 0 aromatic heterocycles. The van der Waals surface area contributed by atoms with Gasteiger partial charge < -0.3 is 11.1 Å². The highest BCUT2D eigenvalue weighted by atomic mass is 35.5. The highest BCUT2D eigenvalue weighted by molar-refractivity contribution is 6.51. The van der Waals surface area contributed by atoms with E-state index in [1.807, 2.05) is 0 Å². The molecular weight excluding hydrogens is 206 g/mol. The molecule has 0 spiro atoms. The molecule has 0 unspecified atom stereocenters. The Morgan fingerprint density at radius 1 is 1.54 bits per heavy atom. The zero-order valence-electron chi connectivity index (χ0n) is 6.98. The summed E-state index contributed by atoms with van der Waals surface area (Å²) in [5, 5.41) is 2.40. The van der Waals surface area contributed by atoms with Gasteiger partial charge in [0.25, 0.3) is 0 Å². The van der Waals surface area contributed by atoms with Gasteiger partial charge in [0.1, 0.15) is 13.5 Å². The summed E-state index contributed by atoms with van der Waals surface area (Å²) < 4.78 is 0. The predicted molar refractivity (Wildman–Crippen MR) is 56.7 cm³/mol. The molecule has 0 amide bonds. The molecule has 2 radical (unpaired) electrons. The van der Waals surface area contributed by atoms with Gasteiger partial charge in [0.05, 0.1) is 10.0 Å². The number of nitrogens with two attached hydrogens (primary N) is 2. The molecule has 0 aliphatic rings. The Morgan fingerprint density at radius 2 is 2.15 bits per heavy atom. The van der Waals surface area contributed by atoms with Gasteiger partial charge in [-0.15, -0.1) is 7.05 Å². The molecule has 0 aliphatic heterocycles. The molecule has 13 heavy (non-hydrogen) atoms. The fourth-order valence-corrected chi connectivity index (χ4v) is 1.51. The normalized spacial score (nSPS) is 10.5. The van der Waals surface area contributed by atoms with E-state index in [-0.39, 0.29) is 0 Å². The molecule has 0 heterocycles. The third-order valence-corrected chi connectivity index (χ3v) is 2.61. The van der Waals surface area contributed by atoms with E-state index in [1.165, 1.54) is 0 Å². The van der Waals surface area contributed by atoms with Crippen molar-refractivity contribution in [3.05, 3.63) is 28.7 Å². The zero-order valence-corrected chi connectivity index (χ0v) is 8.49. The molecule has 0 atom stereocenters. The van der Waals surface area contributed by atoms with Gasteiger partial charge in [0.15, 0.2) is 0 Å². The van der Waals surface area contributed by atoms with Gasteiger partial charge in [-0.25, -0.2) is 0 Å². The van der Waals surface area contributed by atoms with E-state index >= 15 is 0 Å². The van der Waals surface area contributed by atoms with Crippen molar-refractivity contribution in [3.8, 4) is 0 Å². The third kappa shape index (κ3) is 1.99. The van der Waals surface area contributed by atoms with Gasteiger partial charge in [0.2, 0.25) is 0 Å². The van der Waals surface area contributed by atoms with Gasteiger partial charge in [0, 0.05) is 12.1 Å². The van der Waals surface area contributed by atoms with Gasteiger partial charge >= 0.3 is 0 Å².